The first-order valence-corrected chi connectivity index (χ1v) is 5.94. The van der Waals surface area contributed by atoms with Gasteiger partial charge in [-0.1, -0.05) is 12.1 Å². The predicted molar refractivity (Wildman–Crippen MR) is 69.5 cm³/mol. The first-order chi connectivity index (χ1) is 9.04. The first-order valence-electron chi connectivity index (χ1n) is 5.94. The Hall–Kier alpha value is -2.24. The van der Waals surface area contributed by atoms with Gasteiger partial charge in [0.2, 0.25) is 0 Å². The number of hydrogen-bond acceptors (Lipinski definition) is 4. The summed E-state index contributed by atoms with van der Waals surface area (Å²) in [7, 11) is 0. The van der Waals surface area contributed by atoms with E-state index in [9.17, 15) is 9.59 Å². The molecule has 0 heterocycles. The van der Waals surface area contributed by atoms with Gasteiger partial charge in [0.15, 0.2) is 0 Å². The van der Waals surface area contributed by atoms with Gasteiger partial charge in [0.05, 0.1) is 24.6 Å². The number of carbonyl (C=O) groups is 2. The summed E-state index contributed by atoms with van der Waals surface area (Å²) in [6.07, 6.45) is -0.418. The lowest BCUT2D eigenvalue weighted by atomic mass is 10.1. The van der Waals surface area contributed by atoms with Crippen LogP contribution in [0.1, 0.15) is 13.3 Å². The number of nitrogens with one attached hydrogen (secondary N) is 1. The molecule has 0 aliphatic rings. The highest BCUT2D eigenvalue weighted by atomic mass is 16.5. The summed E-state index contributed by atoms with van der Waals surface area (Å²) in [5.41, 5.74) is 0.654. The van der Waals surface area contributed by atoms with Crippen molar-refractivity contribution in [2.24, 2.45) is 5.92 Å². The molecule has 1 atom stereocenters. The maximum Gasteiger partial charge on any atom is 0.308 e. The molecule has 6 nitrogen and oxygen atoms in total. The molecule has 0 aliphatic carbocycles. The van der Waals surface area contributed by atoms with Crippen LogP contribution in [0, 0.1) is 5.92 Å². The van der Waals surface area contributed by atoms with E-state index in [1.807, 2.05) is 13.0 Å². The van der Waals surface area contributed by atoms with Crippen LogP contribution in [-0.4, -0.2) is 35.3 Å². The van der Waals surface area contributed by atoms with Gasteiger partial charge in [0.1, 0.15) is 5.75 Å². The monoisotopic (exact) mass is 267 g/mol. The van der Waals surface area contributed by atoms with Gasteiger partial charge < -0.3 is 20.3 Å². The highest BCUT2D eigenvalue weighted by Gasteiger charge is 2.21. The maximum absolute atomic E-state index is 10.9. The van der Waals surface area contributed by atoms with Gasteiger partial charge in [-0.2, -0.15) is 0 Å². The van der Waals surface area contributed by atoms with Gasteiger partial charge in [-0.15, -0.1) is 0 Å². The highest BCUT2D eigenvalue weighted by molar-refractivity contribution is 5.78. The molecule has 0 aromatic heterocycles. The number of para-hydroxylation sites is 2. The second kappa shape index (κ2) is 7.25. The molecule has 0 bridgehead atoms. The van der Waals surface area contributed by atoms with E-state index in [1.54, 1.807) is 18.2 Å². The Morgan fingerprint density at radius 3 is 2.58 bits per heavy atom. The lowest BCUT2D eigenvalue weighted by molar-refractivity contribution is -0.147. The summed E-state index contributed by atoms with van der Waals surface area (Å²) in [4.78, 5) is 21.5. The average Bonchev–Trinajstić information content (AvgIpc) is 2.35. The molecule has 0 fully saturated rings. The summed E-state index contributed by atoms with van der Waals surface area (Å²) in [6.45, 7) is 2.38. The number of hydrogen-bond donors (Lipinski definition) is 3. The van der Waals surface area contributed by atoms with E-state index in [2.05, 4.69) is 5.32 Å². The molecular formula is C13H17NO5. The lowest BCUT2D eigenvalue weighted by Crippen LogP contribution is -2.25. The fourth-order valence-corrected chi connectivity index (χ4v) is 1.58. The van der Waals surface area contributed by atoms with Crippen molar-refractivity contribution in [3.05, 3.63) is 24.3 Å². The maximum atomic E-state index is 10.9. The summed E-state index contributed by atoms with van der Waals surface area (Å²) in [6, 6.07) is 7.11. The van der Waals surface area contributed by atoms with Crippen molar-refractivity contribution in [1.82, 2.24) is 0 Å². The number of benzene rings is 1. The standard InChI is InChI=1S/C13H17NO5/c1-2-19-11-6-4-3-5-10(11)14-8-9(13(17)18)7-12(15)16/h3-6,9,14H,2,7-8H2,1H3,(H,15,16)(H,17,18). The molecule has 0 aliphatic heterocycles. The van der Waals surface area contributed by atoms with E-state index in [4.69, 9.17) is 14.9 Å². The van der Waals surface area contributed by atoms with Crippen LogP contribution in [0.5, 0.6) is 5.75 Å². The number of ether oxygens (including phenoxy) is 1. The third-order valence-electron chi connectivity index (χ3n) is 2.50. The minimum absolute atomic E-state index is 0.0335. The van der Waals surface area contributed by atoms with Crippen LogP contribution >= 0.6 is 0 Å². The molecule has 1 rings (SSSR count). The van der Waals surface area contributed by atoms with Crippen molar-refractivity contribution >= 4 is 17.6 Å². The van der Waals surface area contributed by atoms with Crippen LogP contribution in [0.3, 0.4) is 0 Å². The van der Waals surface area contributed by atoms with Crippen LogP contribution in [-0.2, 0) is 9.59 Å². The van der Waals surface area contributed by atoms with E-state index in [0.29, 0.717) is 18.0 Å². The molecule has 1 aromatic carbocycles. The largest absolute Gasteiger partial charge is 0.492 e. The van der Waals surface area contributed by atoms with E-state index in [-0.39, 0.29) is 6.54 Å². The number of carboxylic acids is 2. The second-order valence-electron chi connectivity index (χ2n) is 3.94. The van der Waals surface area contributed by atoms with Crippen LogP contribution in [0.4, 0.5) is 5.69 Å². The summed E-state index contributed by atoms with van der Waals surface area (Å²) >= 11 is 0. The normalized spacial score (nSPS) is 11.6. The minimum Gasteiger partial charge on any atom is -0.492 e. The zero-order chi connectivity index (χ0) is 14.3. The summed E-state index contributed by atoms with van der Waals surface area (Å²) in [5.74, 6) is -2.63. The minimum atomic E-state index is -1.14. The molecule has 1 unspecified atom stereocenters. The molecule has 0 saturated carbocycles. The third kappa shape index (κ3) is 4.87. The molecule has 1 aromatic rings. The molecular weight excluding hydrogens is 250 g/mol. The molecule has 0 spiro atoms. The van der Waals surface area contributed by atoms with Crippen molar-refractivity contribution in [1.29, 1.82) is 0 Å². The Morgan fingerprint density at radius 2 is 2.00 bits per heavy atom. The van der Waals surface area contributed by atoms with Gasteiger partial charge >= 0.3 is 11.9 Å². The van der Waals surface area contributed by atoms with Crippen LogP contribution in [0.25, 0.3) is 0 Å². The molecule has 3 N–H and O–H groups in total. The third-order valence-corrected chi connectivity index (χ3v) is 2.50. The predicted octanol–water partition coefficient (Wildman–Crippen LogP) is 1.67. The van der Waals surface area contributed by atoms with Gasteiger partial charge in [-0.25, -0.2) is 0 Å². The zero-order valence-electron chi connectivity index (χ0n) is 10.6. The Bertz CT molecular complexity index is 446. The van der Waals surface area contributed by atoms with Crippen molar-refractivity contribution in [2.45, 2.75) is 13.3 Å². The molecule has 0 radical (unpaired) electrons. The SMILES string of the molecule is CCOc1ccccc1NCC(CC(=O)O)C(=O)O. The van der Waals surface area contributed by atoms with Gasteiger partial charge in [-0.3, -0.25) is 9.59 Å². The fourth-order valence-electron chi connectivity index (χ4n) is 1.58. The Balaban J connectivity index is 2.68. The van der Waals surface area contributed by atoms with E-state index in [0.717, 1.165) is 0 Å². The number of rotatable bonds is 8. The Kier molecular flexibility index (Phi) is 5.66. The zero-order valence-corrected chi connectivity index (χ0v) is 10.6. The number of carboxylic acid groups (broad SMARTS) is 2. The highest BCUT2D eigenvalue weighted by Crippen LogP contribution is 2.24. The topological polar surface area (TPSA) is 95.9 Å². The average molecular weight is 267 g/mol. The smallest absolute Gasteiger partial charge is 0.308 e. The fraction of sp³-hybridized carbons (Fsp3) is 0.385. The van der Waals surface area contributed by atoms with Gasteiger partial charge in [-0.05, 0) is 19.1 Å². The molecule has 0 saturated heterocycles. The molecule has 6 heteroatoms. The van der Waals surface area contributed by atoms with Crippen LogP contribution in [0.2, 0.25) is 0 Å². The molecule has 19 heavy (non-hydrogen) atoms. The number of aliphatic carboxylic acids is 2. The Morgan fingerprint density at radius 1 is 1.32 bits per heavy atom. The summed E-state index contributed by atoms with van der Waals surface area (Å²) < 4.78 is 5.38. The molecule has 0 amide bonds. The first kappa shape index (κ1) is 14.8. The lowest BCUT2D eigenvalue weighted by Gasteiger charge is -2.15. The van der Waals surface area contributed by atoms with Crippen molar-refractivity contribution in [3.63, 3.8) is 0 Å². The van der Waals surface area contributed by atoms with Crippen LogP contribution < -0.4 is 10.1 Å². The quantitative estimate of drug-likeness (QED) is 0.663. The van der Waals surface area contributed by atoms with Crippen LogP contribution in [0.15, 0.2) is 24.3 Å². The van der Waals surface area contributed by atoms with Gasteiger partial charge in [0, 0.05) is 6.54 Å². The summed E-state index contributed by atoms with van der Waals surface area (Å²) in [5, 5.41) is 20.5. The Labute approximate surface area is 111 Å². The van der Waals surface area contributed by atoms with Crippen molar-refractivity contribution in [3.8, 4) is 5.75 Å². The number of anilines is 1. The van der Waals surface area contributed by atoms with E-state index < -0.39 is 24.3 Å². The van der Waals surface area contributed by atoms with Crippen molar-refractivity contribution in [2.75, 3.05) is 18.5 Å². The van der Waals surface area contributed by atoms with E-state index in [1.165, 1.54) is 0 Å². The molecule has 104 valence electrons. The van der Waals surface area contributed by atoms with E-state index >= 15 is 0 Å². The van der Waals surface area contributed by atoms with Crippen molar-refractivity contribution < 1.29 is 24.5 Å². The van der Waals surface area contributed by atoms with Gasteiger partial charge in [0.25, 0.3) is 0 Å². The second-order valence-corrected chi connectivity index (χ2v) is 3.94.